The van der Waals surface area contributed by atoms with Gasteiger partial charge in [-0.3, -0.25) is 4.98 Å². The van der Waals surface area contributed by atoms with Crippen LogP contribution in [0.2, 0.25) is 0 Å². The molecule has 0 aliphatic carbocycles. The summed E-state index contributed by atoms with van der Waals surface area (Å²) >= 11 is 0. The van der Waals surface area contributed by atoms with Crippen LogP contribution >= 0.6 is 0 Å². The predicted octanol–water partition coefficient (Wildman–Crippen LogP) is 3.44. The molecule has 1 fully saturated rings. The second-order valence-electron chi connectivity index (χ2n) is 8.18. The Labute approximate surface area is 199 Å². The van der Waals surface area contributed by atoms with Crippen molar-refractivity contribution in [3.63, 3.8) is 0 Å². The van der Waals surface area contributed by atoms with Crippen LogP contribution in [0.1, 0.15) is 5.56 Å². The van der Waals surface area contributed by atoms with Gasteiger partial charge in [-0.25, -0.2) is 4.98 Å². The minimum absolute atomic E-state index is 0.449. The number of aromatic nitrogens is 5. The summed E-state index contributed by atoms with van der Waals surface area (Å²) < 4.78 is 0. The van der Waals surface area contributed by atoms with Gasteiger partial charge < -0.3 is 20.4 Å². The number of hydrogen-bond acceptors (Lipinski definition) is 9. The zero-order chi connectivity index (χ0) is 23.2. The quantitative estimate of drug-likeness (QED) is 0.436. The molecule has 172 valence electrons. The van der Waals surface area contributed by atoms with E-state index in [4.69, 9.17) is 9.97 Å². The first-order valence-corrected chi connectivity index (χ1v) is 11.3. The summed E-state index contributed by atoms with van der Waals surface area (Å²) in [6.45, 7) is 4.34. The fraction of sp³-hybridized carbons (Fsp3) is 0.240. The van der Waals surface area contributed by atoms with Gasteiger partial charge in [0.05, 0.1) is 0 Å². The second kappa shape index (κ2) is 10.2. The van der Waals surface area contributed by atoms with Gasteiger partial charge in [0.25, 0.3) is 0 Å². The van der Waals surface area contributed by atoms with E-state index in [-0.39, 0.29) is 0 Å². The molecular weight excluding hydrogens is 426 g/mol. The standard InChI is InChI=1S/C25H27N9/c1-33-13-15-34(16-14-33)25-31-23(21-9-5-6-11-26-21)30-24(32-25)29-22-17-19(10-12-27-22)18-28-20-7-3-2-4-8-20/h2-12,17,28H,13-16,18H2,1H3,(H,27,29,30,31,32). The summed E-state index contributed by atoms with van der Waals surface area (Å²) in [7, 11) is 2.13. The van der Waals surface area contributed by atoms with Crippen molar-refractivity contribution in [3.8, 4) is 11.5 Å². The van der Waals surface area contributed by atoms with Crippen molar-refractivity contribution in [1.29, 1.82) is 0 Å². The topological polar surface area (TPSA) is 95.0 Å². The third kappa shape index (κ3) is 5.44. The lowest BCUT2D eigenvalue weighted by Crippen LogP contribution is -2.45. The van der Waals surface area contributed by atoms with Gasteiger partial charge in [0.2, 0.25) is 11.9 Å². The minimum atomic E-state index is 0.449. The lowest BCUT2D eigenvalue weighted by molar-refractivity contribution is 0.311. The van der Waals surface area contributed by atoms with Gasteiger partial charge in [0.15, 0.2) is 5.82 Å². The number of nitrogens with zero attached hydrogens (tertiary/aromatic N) is 7. The maximum absolute atomic E-state index is 4.73. The molecule has 0 spiro atoms. The van der Waals surface area contributed by atoms with Crippen LogP contribution in [0.25, 0.3) is 11.5 Å². The molecule has 1 aliphatic rings. The summed E-state index contributed by atoms with van der Waals surface area (Å²) in [4.78, 5) is 27.5. The van der Waals surface area contributed by atoms with Crippen molar-refractivity contribution in [3.05, 3.63) is 78.6 Å². The zero-order valence-corrected chi connectivity index (χ0v) is 19.1. The number of pyridine rings is 2. The molecular formula is C25H27N9. The van der Waals surface area contributed by atoms with Gasteiger partial charge >= 0.3 is 0 Å². The summed E-state index contributed by atoms with van der Waals surface area (Å²) in [5.41, 5.74) is 2.87. The molecule has 4 aromatic rings. The molecule has 0 radical (unpaired) electrons. The molecule has 0 amide bonds. The Morgan fingerprint density at radius 3 is 2.44 bits per heavy atom. The fourth-order valence-electron chi connectivity index (χ4n) is 3.71. The molecule has 9 heteroatoms. The number of nitrogens with one attached hydrogen (secondary N) is 2. The van der Waals surface area contributed by atoms with Crippen LogP contribution in [0, 0.1) is 0 Å². The molecule has 1 aliphatic heterocycles. The lowest BCUT2D eigenvalue weighted by Gasteiger charge is -2.32. The van der Waals surface area contributed by atoms with E-state index in [0.29, 0.717) is 35.8 Å². The predicted molar refractivity (Wildman–Crippen MR) is 134 cm³/mol. The Morgan fingerprint density at radius 2 is 1.65 bits per heavy atom. The van der Waals surface area contributed by atoms with E-state index in [1.807, 2.05) is 60.7 Å². The highest BCUT2D eigenvalue weighted by Gasteiger charge is 2.19. The summed E-state index contributed by atoms with van der Waals surface area (Å²) in [5.74, 6) is 2.31. The normalized spacial score (nSPS) is 14.1. The average molecular weight is 454 g/mol. The third-order valence-electron chi connectivity index (χ3n) is 5.64. The maximum atomic E-state index is 4.73. The van der Waals surface area contributed by atoms with Crippen LogP contribution in [0.5, 0.6) is 0 Å². The highest BCUT2D eigenvalue weighted by atomic mass is 15.3. The van der Waals surface area contributed by atoms with Crippen molar-refractivity contribution in [2.45, 2.75) is 6.54 Å². The first-order valence-electron chi connectivity index (χ1n) is 11.3. The number of piperazine rings is 1. The van der Waals surface area contributed by atoms with Gasteiger partial charge in [-0.05, 0) is 49.0 Å². The van der Waals surface area contributed by atoms with E-state index in [1.165, 1.54) is 0 Å². The van der Waals surface area contributed by atoms with Crippen molar-refractivity contribution < 1.29 is 0 Å². The second-order valence-corrected chi connectivity index (χ2v) is 8.18. The molecule has 3 aromatic heterocycles. The van der Waals surface area contributed by atoms with Gasteiger partial charge in [-0.2, -0.15) is 15.0 Å². The Kier molecular flexibility index (Phi) is 6.53. The minimum Gasteiger partial charge on any atom is -0.381 e. The molecule has 5 rings (SSSR count). The Hall–Kier alpha value is -4.11. The molecule has 34 heavy (non-hydrogen) atoms. The van der Waals surface area contributed by atoms with Crippen LogP contribution < -0.4 is 15.5 Å². The number of hydrogen-bond donors (Lipinski definition) is 2. The summed E-state index contributed by atoms with van der Waals surface area (Å²) in [6, 6.07) is 19.8. The van der Waals surface area contributed by atoms with E-state index >= 15 is 0 Å². The first-order chi connectivity index (χ1) is 16.7. The molecule has 2 N–H and O–H groups in total. The monoisotopic (exact) mass is 453 g/mol. The van der Waals surface area contributed by atoms with Gasteiger partial charge in [-0.1, -0.05) is 24.3 Å². The van der Waals surface area contributed by atoms with Crippen LogP contribution in [0.3, 0.4) is 0 Å². The van der Waals surface area contributed by atoms with E-state index in [1.54, 1.807) is 12.4 Å². The smallest absolute Gasteiger partial charge is 0.233 e. The van der Waals surface area contributed by atoms with Crippen molar-refractivity contribution in [2.24, 2.45) is 0 Å². The van der Waals surface area contributed by atoms with E-state index in [2.05, 4.69) is 42.4 Å². The summed E-state index contributed by atoms with van der Waals surface area (Å²) in [6.07, 6.45) is 3.53. The van der Waals surface area contributed by atoms with Crippen molar-refractivity contribution in [2.75, 3.05) is 48.8 Å². The van der Waals surface area contributed by atoms with Crippen LogP contribution in [0.4, 0.5) is 23.4 Å². The SMILES string of the molecule is CN1CCN(c2nc(Nc3cc(CNc4ccccc4)ccn3)nc(-c3ccccn3)n2)CC1. The maximum Gasteiger partial charge on any atom is 0.233 e. The molecule has 1 saturated heterocycles. The number of anilines is 4. The van der Waals surface area contributed by atoms with Gasteiger partial charge in [0.1, 0.15) is 11.5 Å². The Balaban J connectivity index is 1.39. The third-order valence-corrected chi connectivity index (χ3v) is 5.64. The van der Waals surface area contributed by atoms with Crippen LogP contribution in [0.15, 0.2) is 73.1 Å². The van der Waals surface area contributed by atoms with E-state index in [0.717, 1.165) is 37.4 Å². The molecule has 1 aromatic carbocycles. The number of para-hydroxylation sites is 1. The van der Waals surface area contributed by atoms with Crippen molar-refractivity contribution >= 4 is 23.4 Å². The van der Waals surface area contributed by atoms with E-state index in [9.17, 15) is 0 Å². The lowest BCUT2D eigenvalue weighted by atomic mass is 10.2. The Morgan fingerprint density at radius 1 is 0.824 bits per heavy atom. The number of rotatable bonds is 7. The molecule has 0 unspecified atom stereocenters. The summed E-state index contributed by atoms with van der Waals surface area (Å²) in [5, 5.41) is 6.70. The van der Waals surface area contributed by atoms with Crippen LogP contribution in [-0.4, -0.2) is 63.0 Å². The van der Waals surface area contributed by atoms with Crippen LogP contribution in [-0.2, 0) is 6.54 Å². The number of benzene rings is 1. The molecule has 0 atom stereocenters. The molecule has 9 nitrogen and oxygen atoms in total. The highest BCUT2D eigenvalue weighted by molar-refractivity contribution is 5.57. The number of likely N-dealkylation sites (N-methyl/N-ethyl adjacent to an activating group) is 1. The first kappa shape index (κ1) is 21.7. The van der Waals surface area contributed by atoms with Gasteiger partial charge in [-0.15, -0.1) is 0 Å². The Bertz CT molecular complexity index is 1210. The van der Waals surface area contributed by atoms with E-state index < -0.39 is 0 Å². The largest absolute Gasteiger partial charge is 0.381 e. The zero-order valence-electron chi connectivity index (χ0n) is 19.1. The molecule has 4 heterocycles. The fourth-order valence-corrected chi connectivity index (χ4v) is 3.71. The van der Waals surface area contributed by atoms with Crippen molar-refractivity contribution in [1.82, 2.24) is 29.8 Å². The average Bonchev–Trinajstić information content (AvgIpc) is 2.89. The highest BCUT2D eigenvalue weighted by Crippen LogP contribution is 2.21. The molecule has 0 bridgehead atoms. The molecule has 0 saturated carbocycles. The van der Waals surface area contributed by atoms with Gasteiger partial charge in [0, 0.05) is 50.8 Å².